The van der Waals surface area contributed by atoms with Crippen LogP contribution in [0.3, 0.4) is 0 Å². The molecule has 0 saturated carbocycles. The predicted molar refractivity (Wildman–Crippen MR) is 137 cm³/mol. The number of carbonyl (C=O) groups excluding carboxylic acids is 1. The molecule has 2 rings (SSSR count). The summed E-state index contributed by atoms with van der Waals surface area (Å²) in [5.74, 6) is -0.275. The molecular formula is C26H39N3O4S. The van der Waals surface area contributed by atoms with Crippen molar-refractivity contribution in [1.82, 2.24) is 14.9 Å². The van der Waals surface area contributed by atoms with Gasteiger partial charge in [-0.25, -0.2) is 8.42 Å². The molecule has 1 aromatic carbocycles. The fraction of sp³-hybridized carbons (Fsp3) is 0.500. The number of amides is 1. The van der Waals surface area contributed by atoms with Crippen LogP contribution < -0.4 is 10.6 Å². The smallest absolute Gasteiger partial charge is 0.251 e. The third kappa shape index (κ3) is 8.83. The van der Waals surface area contributed by atoms with Gasteiger partial charge in [0, 0.05) is 38.9 Å². The summed E-state index contributed by atoms with van der Waals surface area (Å²) in [5.41, 5.74) is 2.95. The summed E-state index contributed by atoms with van der Waals surface area (Å²) < 4.78 is 32.5. The van der Waals surface area contributed by atoms with Crippen molar-refractivity contribution in [2.45, 2.75) is 44.4 Å². The Morgan fingerprint density at radius 2 is 1.97 bits per heavy atom. The number of hydrogen-bond donors (Lipinski definition) is 2. The second-order valence-electron chi connectivity index (χ2n) is 8.20. The van der Waals surface area contributed by atoms with Gasteiger partial charge in [-0.1, -0.05) is 49.8 Å². The molecule has 1 aliphatic carbocycles. The van der Waals surface area contributed by atoms with Gasteiger partial charge in [-0.2, -0.15) is 4.31 Å². The maximum Gasteiger partial charge on any atom is 0.251 e. The highest BCUT2D eigenvalue weighted by Gasteiger charge is 2.24. The van der Waals surface area contributed by atoms with E-state index in [2.05, 4.69) is 41.9 Å². The molecule has 2 N–H and O–H groups in total. The van der Waals surface area contributed by atoms with E-state index in [1.807, 2.05) is 6.92 Å². The Morgan fingerprint density at radius 1 is 1.15 bits per heavy atom. The summed E-state index contributed by atoms with van der Waals surface area (Å²) in [6.45, 7) is 7.16. The fourth-order valence-corrected chi connectivity index (χ4v) is 5.19. The molecule has 0 radical (unpaired) electrons. The van der Waals surface area contributed by atoms with E-state index in [9.17, 15) is 13.2 Å². The molecule has 0 heterocycles. The molecule has 188 valence electrons. The lowest BCUT2D eigenvalue weighted by Gasteiger charge is -2.21. The van der Waals surface area contributed by atoms with Crippen molar-refractivity contribution in [2.75, 3.05) is 46.4 Å². The summed E-state index contributed by atoms with van der Waals surface area (Å²) in [4.78, 5) is 12.7. The Balaban J connectivity index is 1.85. The average Bonchev–Trinajstić information content (AvgIpc) is 3.09. The number of methoxy groups -OCH3 is 1. The molecule has 1 aromatic rings. The summed E-state index contributed by atoms with van der Waals surface area (Å²) in [5, 5.41) is 6.30. The molecule has 0 fully saturated rings. The highest BCUT2D eigenvalue weighted by Crippen LogP contribution is 2.18. The van der Waals surface area contributed by atoms with Gasteiger partial charge in [-0.3, -0.25) is 4.79 Å². The number of rotatable bonds is 15. The van der Waals surface area contributed by atoms with Crippen LogP contribution in [0.5, 0.6) is 0 Å². The fourth-order valence-electron chi connectivity index (χ4n) is 3.63. The van der Waals surface area contributed by atoms with Crippen molar-refractivity contribution in [1.29, 1.82) is 0 Å². The highest BCUT2D eigenvalue weighted by molar-refractivity contribution is 7.89. The first-order valence-corrected chi connectivity index (χ1v) is 13.5. The molecule has 0 unspecified atom stereocenters. The van der Waals surface area contributed by atoms with Crippen LogP contribution in [0, 0.1) is 0 Å². The minimum atomic E-state index is -3.69. The Kier molecular flexibility index (Phi) is 12.2. The van der Waals surface area contributed by atoms with Gasteiger partial charge in [-0.15, -0.1) is 0 Å². The molecule has 0 saturated heterocycles. The summed E-state index contributed by atoms with van der Waals surface area (Å²) in [6.07, 6.45) is 12.3. The van der Waals surface area contributed by atoms with Gasteiger partial charge in [0.05, 0.1) is 11.5 Å². The van der Waals surface area contributed by atoms with E-state index >= 15 is 0 Å². The van der Waals surface area contributed by atoms with Crippen LogP contribution in [0.25, 0.3) is 0 Å². The SMILES string of the molecule is CCCN(CCOC)S(=O)(=O)c1cccc(C(=O)NCCCNCC2=CC(CC)=CCC=C2)c1. The standard InChI is InChI=1S/C26H39N3O4S/c1-4-16-29(17-18-33-3)34(31,32)25-13-8-12-24(20-25)26(30)28-15-9-14-27-21-23-11-7-6-10-22(5-2)19-23/h7-8,10-13,19-20,27H,4-6,9,14-18,21H2,1-3H3,(H,28,30). The van der Waals surface area contributed by atoms with Gasteiger partial charge in [0.1, 0.15) is 0 Å². The van der Waals surface area contributed by atoms with E-state index < -0.39 is 10.0 Å². The second kappa shape index (κ2) is 14.9. The lowest BCUT2D eigenvalue weighted by Crippen LogP contribution is -2.35. The minimum Gasteiger partial charge on any atom is -0.383 e. The quantitative estimate of drug-likeness (QED) is 0.367. The number of nitrogens with one attached hydrogen (secondary N) is 2. The van der Waals surface area contributed by atoms with E-state index in [-0.39, 0.29) is 17.3 Å². The largest absolute Gasteiger partial charge is 0.383 e. The Morgan fingerprint density at radius 3 is 2.71 bits per heavy atom. The third-order valence-electron chi connectivity index (χ3n) is 5.52. The van der Waals surface area contributed by atoms with Gasteiger partial charge in [0.15, 0.2) is 0 Å². The zero-order valence-electron chi connectivity index (χ0n) is 20.7. The van der Waals surface area contributed by atoms with E-state index in [1.165, 1.54) is 27.6 Å². The van der Waals surface area contributed by atoms with Crippen LogP contribution in [-0.2, 0) is 14.8 Å². The molecule has 1 aliphatic rings. The van der Waals surface area contributed by atoms with Crippen LogP contribution in [0.15, 0.2) is 64.6 Å². The highest BCUT2D eigenvalue weighted by atomic mass is 32.2. The normalized spacial score (nSPS) is 14.0. The number of ether oxygens (including phenoxy) is 1. The lowest BCUT2D eigenvalue weighted by molar-refractivity contribution is 0.0953. The van der Waals surface area contributed by atoms with Crippen LogP contribution in [0.4, 0.5) is 0 Å². The minimum absolute atomic E-state index is 0.122. The van der Waals surface area contributed by atoms with Gasteiger partial charge in [0.25, 0.3) is 5.91 Å². The van der Waals surface area contributed by atoms with Crippen LogP contribution in [0.1, 0.15) is 49.9 Å². The van der Waals surface area contributed by atoms with Crippen LogP contribution in [-0.4, -0.2) is 65.1 Å². The Bertz CT molecular complexity index is 984. The van der Waals surface area contributed by atoms with Crippen molar-refractivity contribution < 1.29 is 17.9 Å². The zero-order valence-corrected chi connectivity index (χ0v) is 21.5. The average molecular weight is 490 g/mol. The molecule has 0 atom stereocenters. The second-order valence-corrected chi connectivity index (χ2v) is 10.1. The molecule has 8 heteroatoms. The third-order valence-corrected chi connectivity index (χ3v) is 7.42. The molecule has 0 aliphatic heterocycles. The molecule has 0 spiro atoms. The number of nitrogens with zero attached hydrogens (tertiary/aromatic N) is 1. The van der Waals surface area contributed by atoms with Gasteiger partial charge >= 0.3 is 0 Å². The Hall–Kier alpha value is -2.26. The first-order valence-electron chi connectivity index (χ1n) is 12.1. The van der Waals surface area contributed by atoms with Gasteiger partial charge < -0.3 is 15.4 Å². The van der Waals surface area contributed by atoms with Gasteiger partial charge in [0.2, 0.25) is 10.0 Å². The van der Waals surface area contributed by atoms with Crippen molar-refractivity contribution in [3.63, 3.8) is 0 Å². The number of allylic oxidation sites excluding steroid dienone is 4. The number of sulfonamides is 1. The topological polar surface area (TPSA) is 87.7 Å². The monoisotopic (exact) mass is 489 g/mol. The van der Waals surface area contributed by atoms with Crippen molar-refractivity contribution in [3.8, 4) is 0 Å². The number of benzene rings is 1. The first kappa shape index (κ1) is 28.0. The van der Waals surface area contributed by atoms with E-state index in [1.54, 1.807) is 19.2 Å². The van der Waals surface area contributed by atoms with E-state index in [0.717, 1.165) is 32.4 Å². The van der Waals surface area contributed by atoms with Crippen molar-refractivity contribution >= 4 is 15.9 Å². The molecular weight excluding hydrogens is 450 g/mol. The van der Waals surface area contributed by atoms with E-state index in [0.29, 0.717) is 31.7 Å². The maximum atomic E-state index is 13.0. The number of hydrogen-bond acceptors (Lipinski definition) is 5. The maximum absolute atomic E-state index is 13.0. The summed E-state index contributed by atoms with van der Waals surface area (Å²) >= 11 is 0. The summed E-state index contributed by atoms with van der Waals surface area (Å²) in [7, 11) is -2.15. The van der Waals surface area contributed by atoms with Gasteiger partial charge in [-0.05, 0) is 56.0 Å². The van der Waals surface area contributed by atoms with Crippen molar-refractivity contribution in [2.24, 2.45) is 0 Å². The van der Waals surface area contributed by atoms with Crippen LogP contribution >= 0.6 is 0 Å². The predicted octanol–water partition coefficient (Wildman–Crippen LogP) is 3.67. The summed E-state index contributed by atoms with van der Waals surface area (Å²) in [6, 6.07) is 6.22. The molecule has 0 aromatic heterocycles. The van der Waals surface area contributed by atoms with Crippen molar-refractivity contribution in [3.05, 3.63) is 65.3 Å². The first-order chi connectivity index (χ1) is 16.4. The lowest BCUT2D eigenvalue weighted by atomic mass is 10.1. The molecule has 0 bridgehead atoms. The zero-order chi connectivity index (χ0) is 24.8. The molecule has 1 amide bonds. The van der Waals surface area contributed by atoms with E-state index in [4.69, 9.17) is 4.74 Å². The van der Waals surface area contributed by atoms with Crippen LogP contribution in [0.2, 0.25) is 0 Å². The Labute approximate surface area is 205 Å². The molecule has 7 nitrogen and oxygen atoms in total. The molecule has 34 heavy (non-hydrogen) atoms. The number of carbonyl (C=O) groups is 1.